The lowest BCUT2D eigenvalue weighted by atomic mass is 9.72. The second-order valence-corrected chi connectivity index (χ2v) is 5.78. The van der Waals surface area contributed by atoms with Gasteiger partial charge < -0.3 is 5.11 Å². The molecule has 2 aromatic carbocycles. The first-order valence-corrected chi connectivity index (χ1v) is 7.55. The summed E-state index contributed by atoms with van der Waals surface area (Å²) in [5.74, 6) is -1.30. The monoisotopic (exact) mass is 294 g/mol. The van der Waals surface area contributed by atoms with Crippen molar-refractivity contribution in [2.24, 2.45) is 5.92 Å². The second kappa shape index (κ2) is 6.14. The van der Waals surface area contributed by atoms with Gasteiger partial charge in [0, 0.05) is 17.4 Å². The zero-order valence-corrected chi connectivity index (χ0v) is 12.2. The fourth-order valence-electron chi connectivity index (χ4n) is 3.39. The van der Waals surface area contributed by atoms with Gasteiger partial charge in [-0.15, -0.1) is 0 Å². The highest BCUT2D eigenvalue weighted by molar-refractivity contribution is 6.01. The average molecular weight is 294 g/mol. The molecule has 0 spiro atoms. The van der Waals surface area contributed by atoms with Gasteiger partial charge in [-0.05, 0) is 24.0 Å². The number of rotatable bonds is 4. The number of carbonyl (C=O) groups is 2. The van der Waals surface area contributed by atoms with Gasteiger partial charge in [0.1, 0.15) is 0 Å². The highest BCUT2D eigenvalue weighted by Gasteiger charge is 2.35. The molecule has 0 bridgehead atoms. The van der Waals surface area contributed by atoms with Crippen molar-refractivity contribution in [3.05, 3.63) is 71.3 Å². The van der Waals surface area contributed by atoms with Crippen molar-refractivity contribution in [1.82, 2.24) is 0 Å². The number of aliphatic carboxylic acids is 1. The van der Waals surface area contributed by atoms with E-state index >= 15 is 0 Å². The fraction of sp³-hybridized carbons (Fsp3) is 0.263. The van der Waals surface area contributed by atoms with Gasteiger partial charge in [0.2, 0.25) is 0 Å². The average Bonchev–Trinajstić information content (AvgIpc) is 2.54. The summed E-state index contributed by atoms with van der Waals surface area (Å²) in [6.07, 6.45) is 1.53. The molecule has 0 amide bonds. The Bertz CT molecular complexity index is 691. The van der Waals surface area contributed by atoms with E-state index in [1.165, 1.54) is 0 Å². The number of carbonyl (C=O) groups excluding carboxylic acids is 1. The Morgan fingerprint density at radius 2 is 1.77 bits per heavy atom. The van der Waals surface area contributed by atoms with Crippen LogP contribution in [0.25, 0.3) is 0 Å². The van der Waals surface area contributed by atoms with Gasteiger partial charge in [-0.3, -0.25) is 9.59 Å². The molecule has 0 aliphatic heterocycles. The summed E-state index contributed by atoms with van der Waals surface area (Å²) in [4.78, 5) is 24.1. The maximum atomic E-state index is 12.8. The first kappa shape index (κ1) is 14.5. The number of aryl methyl sites for hydroxylation is 1. The Balaban J connectivity index is 1.96. The number of hydrogen-bond donors (Lipinski definition) is 1. The van der Waals surface area contributed by atoms with Crippen LogP contribution in [0.15, 0.2) is 54.6 Å². The Hall–Kier alpha value is -2.42. The molecule has 0 saturated heterocycles. The molecule has 0 saturated carbocycles. The van der Waals surface area contributed by atoms with Gasteiger partial charge >= 0.3 is 5.97 Å². The number of Topliss-reactive ketones (excluding diaryl/α,β-unsaturated/α-hetero) is 1. The third kappa shape index (κ3) is 2.80. The number of carboxylic acid groups (broad SMARTS) is 1. The Morgan fingerprint density at radius 1 is 1.09 bits per heavy atom. The Labute approximate surface area is 129 Å². The van der Waals surface area contributed by atoms with E-state index in [-0.39, 0.29) is 24.0 Å². The van der Waals surface area contributed by atoms with Crippen LogP contribution in [0.5, 0.6) is 0 Å². The van der Waals surface area contributed by atoms with Crippen molar-refractivity contribution < 1.29 is 14.7 Å². The molecule has 1 N–H and O–H groups in total. The third-order valence-corrected chi connectivity index (χ3v) is 4.45. The molecule has 2 atom stereocenters. The van der Waals surface area contributed by atoms with Crippen LogP contribution in [-0.2, 0) is 11.2 Å². The van der Waals surface area contributed by atoms with Crippen LogP contribution in [0.1, 0.15) is 40.2 Å². The van der Waals surface area contributed by atoms with Crippen LogP contribution in [0, 0.1) is 5.92 Å². The first-order valence-electron chi connectivity index (χ1n) is 7.55. The van der Waals surface area contributed by atoms with Crippen LogP contribution in [0.2, 0.25) is 0 Å². The number of carboxylic acids is 1. The van der Waals surface area contributed by atoms with E-state index in [9.17, 15) is 14.7 Å². The molecule has 0 aromatic heterocycles. The third-order valence-electron chi connectivity index (χ3n) is 4.45. The van der Waals surface area contributed by atoms with Crippen LogP contribution < -0.4 is 0 Å². The lowest BCUT2D eigenvalue weighted by Crippen LogP contribution is -2.29. The van der Waals surface area contributed by atoms with E-state index < -0.39 is 5.97 Å². The molecule has 112 valence electrons. The van der Waals surface area contributed by atoms with Gasteiger partial charge in [0.05, 0.1) is 6.42 Å². The van der Waals surface area contributed by atoms with E-state index in [1.807, 2.05) is 54.6 Å². The summed E-state index contributed by atoms with van der Waals surface area (Å²) in [6.45, 7) is 0. The molecule has 0 radical (unpaired) electrons. The predicted octanol–water partition coefficient (Wildman–Crippen LogP) is 3.69. The number of benzene rings is 2. The second-order valence-electron chi connectivity index (χ2n) is 5.78. The summed E-state index contributed by atoms with van der Waals surface area (Å²) < 4.78 is 0. The van der Waals surface area contributed by atoms with Crippen molar-refractivity contribution in [2.45, 2.75) is 25.2 Å². The minimum atomic E-state index is -0.861. The van der Waals surface area contributed by atoms with E-state index in [0.717, 1.165) is 23.1 Å². The van der Waals surface area contributed by atoms with Crippen molar-refractivity contribution in [3.8, 4) is 0 Å². The Morgan fingerprint density at radius 3 is 2.50 bits per heavy atom. The largest absolute Gasteiger partial charge is 0.481 e. The number of ketones is 1. The Kier molecular flexibility index (Phi) is 4.05. The smallest absolute Gasteiger partial charge is 0.303 e. The lowest BCUT2D eigenvalue weighted by Gasteiger charge is -2.30. The molecular formula is C19H18O3. The molecule has 1 aliphatic carbocycles. The van der Waals surface area contributed by atoms with Crippen molar-refractivity contribution in [1.29, 1.82) is 0 Å². The molecule has 3 rings (SSSR count). The summed E-state index contributed by atoms with van der Waals surface area (Å²) in [5, 5.41) is 9.25. The van der Waals surface area contributed by atoms with Crippen LogP contribution >= 0.6 is 0 Å². The zero-order chi connectivity index (χ0) is 15.5. The molecule has 0 unspecified atom stereocenters. The maximum Gasteiger partial charge on any atom is 0.303 e. The molecule has 2 aromatic rings. The van der Waals surface area contributed by atoms with E-state index in [0.29, 0.717) is 6.42 Å². The minimum absolute atomic E-state index is 0.0113. The van der Waals surface area contributed by atoms with E-state index in [1.54, 1.807) is 0 Å². The highest BCUT2D eigenvalue weighted by Crippen LogP contribution is 2.37. The summed E-state index contributed by atoms with van der Waals surface area (Å²) in [7, 11) is 0. The summed E-state index contributed by atoms with van der Waals surface area (Å²) >= 11 is 0. The van der Waals surface area contributed by atoms with Gasteiger partial charge in [-0.2, -0.15) is 0 Å². The quantitative estimate of drug-likeness (QED) is 0.935. The van der Waals surface area contributed by atoms with E-state index in [2.05, 4.69) is 0 Å². The standard InChI is InChI=1S/C19H18O3/c20-18(21)12-17(13-6-2-1-3-7-13)16-11-10-14-8-4-5-9-15(14)19(16)22/h1-9,16-17H,10-12H2,(H,20,21)/t16-,17-/m0/s1. The molecule has 1 aliphatic rings. The predicted molar refractivity (Wildman–Crippen MR) is 84.0 cm³/mol. The van der Waals surface area contributed by atoms with Gasteiger partial charge in [0.25, 0.3) is 0 Å². The van der Waals surface area contributed by atoms with Crippen molar-refractivity contribution >= 4 is 11.8 Å². The van der Waals surface area contributed by atoms with Crippen LogP contribution in [0.3, 0.4) is 0 Å². The normalized spacial score (nSPS) is 18.5. The molecule has 3 nitrogen and oxygen atoms in total. The molecule has 0 heterocycles. The maximum absolute atomic E-state index is 12.8. The SMILES string of the molecule is O=C(O)C[C@@H](c1ccccc1)[C@@H]1CCc2ccccc2C1=O. The number of fused-ring (bicyclic) bond motifs is 1. The van der Waals surface area contributed by atoms with E-state index in [4.69, 9.17) is 0 Å². The van der Waals surface area contributed by atoms with Crippen molar-refractivity contribution in [2.75, 3.05) is 0 Å². The lowest BCUT2D eigenvalue weighted by molar-refractivity contribution is -0.137. The minimum Gasteiger partial charge on any atom is -0.481 e. The number of hydrogen-bond acceptors (Lipinski definition) is 2. The van der Waals surface area contributed by atoms with Crippen molar-refractivity contribution in [3.63, 3.8) is 0 Å². The summed E-state index contributed by atoms with van der Waals surface area (Å²) in [6, 6.07) is 17.2. The van der Waals surface area contributed by atoms with Gasteiger partial charge in [-0.1, -0.05) is 54.6 Å². The highest BCUT2D eigenvalue weighted by atomic mass is 16.4. The first-order chi connectivity index (χ1) is 10.7. The molecule has 0 fully saturated rings. The molecule has 3 heteroatoms. The van der Waals surface area contributed by atoms with Crippen LogP contribution in [0.4, 0.5) is 0 Å². The molecular weight excluding hydrogens is 276 g/mol. The molecule has 22 heavy (non-hydrogen) atoms. The topological polar surface area (TPSA) is 54.4 Å². The van der Waals surface area contributed by atoms with Gasteiger partial charge in [-0.25, -0.2) is 0 Å². The van der Waals surface area contributed by atoms with Crippen LogP contribution in [-0.4, -0.2) is 16.9 Å². The van der Waals surface area contributed by atoms with Gasteiger partial charge in [0.15, 0.2) is 5.78 Å². The fourth-order valence-corrected chi connectivity index (χ4v) is 3.39. The summed E-state index contributed by atoms with van der Waals surface area (Å²) in [5.41, 5.74) is 2.76. The zero-order valence-electron chi connectivity index (χ0n) is 12.2.